The van der Waals surface area contributed by atoms with Gasteiger partial charge in [0.05, 0.1) is 0 Å². The number of amides is 1. The van der Waals surface area contributed by atoms with Crippen molar-refractivity contribution in [2.75, 3.05) is 17.2 Å². The summed E-state index contributed by atoms with van der Waals surface area (Å²) in [5.41, 5.74) is 2.52. The van der Waals surface area contributed by atoms with Crippen molar-refractivity contribution in [2.45, 2.75) is 32.6 Å². The van der Waals surface area contributed by atoms with Crippen LogP contribution < -0.4 is 10.6 Å². The summed E-state index contributed by atoms with van der Waals surface area (Å²) in [6, 6.07) is 11.4. The van der Waals surface area contributed by atoms with E-state index in [9.17, 15) is 13.6 Å². The number of halogens is 2. The predicted molar refractivity (Wildman–Crippen MR) is 93.2 cm³/mol. The van der Waals surface area contributed by atoms with Gasteiger partial charge in [-0.2, -0.15) is 0 Å². The third-order valence-corrected chi connectivity index (χ3v) is 3.64. The third kappa shape index (κ3) is 5.05. The lowest BCUT2D eigenvalue weighted by Crippen LogP contribution is -2.16. The van der Waals surface area contributed by atoms with Crippen molar-refractivity contribution in [3.63, 3.8) is 0 Å². The molecule has 24 heavy (non-hydrogen) atoms. The Hall–Kier alpha value is -2.43. The lowest BCUT2D eigenvalue weighted by Gasteiger charge is -2.19. The van der Waals surface area contributed by atoms with E-state index in [0.29, 0.717) is 6.54 Å². The molecule has 0 bridgehead atoms. The molecule has 3 nitrogen and oxygen atoms in total. The SMILES string of the molecule is CC(C)(C)c1ccc(NCCC(=O)Nc2ccc(F)c(F)c2)cc1. The van der Waals surface area contributed by atoms with E-state index in [1.807, 2.05) is 12.1 Å². The standard InChI is InChI=1S/C19H22F2N2O/c1-19(2,3)13-4-6-14(7-5-13)22-11-10-18(24)23-15-8-9-16(20)17(21)12-15/h4-9,12,22H,10-11H2,1-3H3,(H,23,24). The molecular formula is C19H22F2N2O. The van der Waals surface area contributed by atoms with E-state index < -0.39 is 11.6 Å². The monoisotopic (exact) mass is 332 g/mol. The lowest BCUT2D eigenvalue weighted by atomic mass is 9.87. The Balaban J connectivity index is 1.81. The summed E-state index contributed by atoms with van der Waals surface area (Å²) in [5.74, 6) is -2.18. The Kier molecular flexibility index (Phi) is 5.54. The molecule has 2 N–H and O–H groups in total. The summed E-state index contributed by atoms with van der Waals surface area (Å²) < 4.78 is 25.9. The second-order valence-corrected chi connectivity index (χ2v) is 6.68. The Morgan fingerprint density at radius 3 is 2.17 bits per heavy atom. The second-order valence-electron chi connectivity index (χ2n) is 6.68. The van der Waals surface area contributed by atoms with Gasteiger partial charge in [-0.15, -0.1) is 0 Å². The maximum atomic E-state index is 13.1. The molecule has 0 aromatic heterocycles. The summed E-state index contributed by atoms with van der Waals surface area (Å²) >= 11 is 0. The maximum Gasteiger partial charge on any atom is 0.226 e. The molecule has 0 heterocycles. The first kappa shape index (κ1) is 17.9. The fraction of sp³-hybridized carbons (Fsp3) is 0.316. The first-order valence-corrected chi connectivity index (χ1v) is 7.85. The molecule has 0 atom stereocenters. The van der Waals surface area contributed by atoms with Gasteiger partial charge < -0.3 is 10.6 Å². The summed E-state index contributed by atoms with van der Waals surface area (Å²) in [7, 11) is 0. The smallest absolute Gasteiger partial charge is 0.226 e. The first-order chi connectivity index (χ1) is 11.3. The van der Waals surface area contributed by atoms with Crippen LogP contribution in [0, 0.1) is 11.6 Å². The molecule has 0 aliphatic heterocycles. The predicted octanol–water partition coefficient (Wildman–Crippen LogP) is 4.70. The summed E-state index contributed by atoms with van der Waals surface area (Å²) in [5, 5.41) is 5.71. The molecule has 2 rings (SSSR count). The van der Waals surface area contributed by atoms with Crippen LogP contribution in [-0.2, 0) is 10.2 Å². The zero-order valence-electron chi connectivity index (χ0n) is 14.1. The van der Waals surface area contributed by atoms with Gasteiger partial charge >= 0.3 is 0 Å². The highest BCUT2D eigenvalue weighted by atomic mass is 19.2. The molecule has 2 aromatic rings. The number of rotatable bonds is 5. The average Bonchev–Trinajstić information content (AvgIpc) is 2.50. The highest BCUT2D eigenvalue weighted by molar-refractivity contribution is 5.90. The fourth-order valence-corrected chi connectivity index (χ4v) is 2.21. The number of anilines is 2. The van der Waals surface area contributed by atoms with Crippen LogP contribution in [0.1, 0.15) is 32.8 Å². The molecular weight excluding hydrogens is 310 g/mol. The maximum absolute atomic E-state index is 13.1. The second kappa shape index (κ2) is 7.43. The first-order valence-electron chi connectivity index (χ1n) is 7.85. The van der Waals surface area contributed by atoms with Crippen molar-refractivity contribution in [3.05, 3.63) is 59.7 Å². The quantitative estimate of drug-likeness (QED) is 0.833. The molecule has 1 amide bonds. The van der Waals surface area contributed by atoms with Crippen LogP contribution in [0.4, 0.5) is 20.2 Å². The molecule has 0 spiro atoms. The van der Waals surface area contributed by atoms with Crippen molar-refractivity contribution in [1.29, 1.82) is 0 Å². The highest BCUT2D eigenvalue weighted by Crippen LogP contribution is 2.23. The van der Waals surface area contributed by atoms with Crippen LogP contribution in [0.15, 0.2) is 42.5 Å². The van der Waals surface area contributed by atoms with Crippen LogP contribution >= 0.6 is 0 Å². The van der Waals surface area contributed by atoms with Crippen molar-refractivity contribution >= 4 is 17.3 Å². The van der Waals surface area contributed by atoms with Gasteiger partial charge in [-0.1, -0.05) is 32.9 Å². The number of hydrogen-bond donors (Lipinski definition) is 2. The van der Waals surface area contributed by atoms with Crippen molar-refractivity contribution < 1.29 is 13.6 Å². The summed E-state index contributed by atoms with van der Waals surface area (Å²) in [6.45, 7) is 6.90. The van der Waals surface area contributed by atoms with Crippen molar-refractivity contribution in [2.24, 2.45) is 0 Å². The van der Waals surface area contributed by atoms with E-state index in [1.165, 1.54) is 11.6 Å². The van der Waals surface area contributed by atoms with Crippen LogP contribution in [0.5, 0.6) is 0 Å². The van der Waals surface area contributed by atoms with Crippen LogP contribution in [0.2, 0.25) is 0 Å². The van der Waals surface area contributed by atoms with Crippen LogP contribution in [-0.4, -0.2) is 12.5 Å². The third-order valence-electron chi connectivity index (χ3n) is 3.64. The van der Waals surface area contributed by atoms with E-state index in [0.717, 1.165) is 17.8 Å². The summed E-state index contributed by atoms with van der Waals surface area (Å²) in [6.07, 6.45) is 0.222. The normalized spacial score (nSPS) is 11.2. The van der Waals surface area contributed by atoms with E-state index in [4.69, 9.17) is 0 Å². The summed E-state index contributed by atoms with van der Waals surface area (Å²) in [4.78, 5) is 11.8. The van der Waals surface area contributed by atoms with E-state index in [-0.39, 0.29) is 23.4 Å². The minimum Gasteiger partial charge on any atom is -0.385 e. The minimum atomic E-state index is -0.982. The number of carbonyl (C=O) groups excluding carboxylic acids is 1. The van der Waals surface area contributed by atoms with Gasteiger partial charge in [0.2, 0.25) is 5.91 Å². The van der Waals surface area contributed by atoms with E-state index >= 15 is 0 Å². The molecule has 0 saturated carbocycles. The van der Waals surface area contributed by atoms with E-state index in [2.05, 4.69) is 43.5 Å². The van der Waals surface area contributed by atoms with Crippen molar-refractivity contribution in [1.82, 2.24) is 0 Å². The van der Waals surface area contributed by atoms with Crippen LogP contribution in [0.3, 0.4) is 0 Å². The average molecular weight is 332 g/mol. The Morgan fingerprint density at radius 1 is 0.958 bits per heavy atom. The van der Waals surface area contributed by atoms with Gasteiger partial charge in [-0.3, -0.25) is 4.79 Å². The number of benzene rings is 2. The molecule has 2 aromatic carbocycles. The Labute approximate surface area is 141 Å². The van der Waals surface area contributed by atoms with Gasteiger partial charge in [0.25, 0.3) is 0 Å². The molecule has 5 heteroatoms. The number of hydrogen-bond acceptors (Lipinski definition) is 2. The Bertz CT molecular complexity index is 706. The Morgan fingerprint density at radius 2 is 1.58 bits per heavy atom. The zero-order valence-corrected chi connectivity index (χ0v) is 14.1. The molecule has 128 valence electrons. The number of nitrogens with one attached hydrogen (secondary N) is 2. The van der Waals surface area contributed by atoms with Gasteiger partial charge in [0.15, 0.2) is 11.6 Å². The molecule has 0 fully saturated rings. The molecule has 0 unspecified atom stereocenters. The fourth-order valence-electron chi connectivity index (χ4n) is 2.21. The minimum absolute atomic E-state index is 0.100. The van der Waals surface area contributed by atoms with Gasteiger partial charge in [-0.25, -0.2) is 8.78 Å². The lowest BCUT2D eigenvalue weighted by molar-refractivity contribution is -0.115. The van der Waals surface area contributed by atoms with Crippen molar-refractivity contribution in [3.8, 4) is 0 Å². The van der Waals surface area contributed by atoms with Gasteiger partial charge in [-0.05, 0) is 35.2 Å². The number of carbonyl (C=O) groups is 1. The topological polar surface area (TPSA) is 41.1 Å². The molecule has 0 aliphatic carbocycles. The zero-order chi connectivity index (χ0) is 17.7. The molecule has 0 saturated heterocycles. The van der Waals surface area contributed by atoms with Gasteiger partial charge in [0, 0.05) is 30.4 Å². The van der Waals surface area contributed by atoms with Crippen LogP contribution in [0.25, 0.3) is 0 Å². The largest absolute Gasteiger partial charge is 0.385 e. The van der Waals surface area contributed by atoms with Gasteiger partial charge in [0.1, 0.15) is 0 Å². The van der Waals surface area contributed by atoms with E-state index in [1.54, 1.807) is 0 Å². The molecule has 0 radical (unpaired) electrons. The molecule has 0 aliphatic rings. The highest BCUT2D eigenvalue weighted by Gasteiger charge is 2.12.